The predicted molar refractivity (Wildman–Crippen MR) is 82.4 cm³/mol. The summed E-state index contributed by atoms with van der Waals surface area (Å²) in [6.07, 6.45) is 4.29. The number of hydrogen-bond acceptors (Lipinski definition) is 5. The summed E-state index contributed by atoms with van der Waals surface area (Å²) in [6.45, 7) is 5.84. The van der Waals surface area contributed by atoms with Crippen molar-refractivity contribution in [1.82, 2.24) is 4.98 Å². The van der Waals surface area contributed by atoms with E-state index < -0.39 is 0 Å². The van der Waals surface area contributed by atoms with Gasteiger partial charge in [0, 0.05) is 19.4 Å². The van der Waals surface area contributed by atoms with Crippen molar-refractivity contribution in [2.45, 2.75) is 12.8 Å². The highest BCUT2D eigenvalue weighted by atomic mass is 16.5. The molecule has 1 fully saturated rings. The number of likely N-dealkylation sites (N-methyl/N-ethyl adjacent to an activating group) is 1. The number of pyridine rings is 1. The minimum Gasteiger partial charge on any atom is -0.397 e. The molecule has 0 unspecified atom stereocenters. The molecule has 1 aliphatic rings. The van der Waals surface area contributed by atoms with Crippen molar-refractivity contribution in [1.29, 1.82) is 0 Å². The number of rotatable bonds is 7. The van der Waals surface area contributed by atoms with Gasteiger partial charge in [-0.15, -0.1) is 0 Å². The first-order valence-corrected chi connectivity index (χ1v) is 7.25. The van der Waals surface area contributed by atoms with Crippen LogP contribution in [-0.4, -0.2) is 55.9 Å². The van der Waals surface area contributed by atoms with Crippen LogP contribution in [0, 0.1) is 0 Å². The van der Waals surface area contributed by atoms with E-state index in [-0.39, 0.29) is 0 Å². The second-order valence-electron chi connectivity index (χ2n) is 5.74. The van der Waals surface area contributed by atoms with E-state index in [2.05, 4.69) is 17.3 Å². The highest BCUT2D eigenvalue weighted by Crippen LogP contribution is 2.17. The van der Waals surface area contributed by atoms with Crippen LogP contribution < -0.4 is 16.8 Å². The smallest absolute Gasteiger partial charge is 0.149 e. The number of likely N-dealkylation sites (tertiary alicyclic amines) is 1. The zero-order valence-corrected chi connectivity index (χ0v) is 12.3. The molecule has 0 aliphatic carbocycles. The Bertz CT molecular complexity index is 432. The van der Waals surface area contributed by atoms with Crippen LogP contribution in [0.3, 0.4) is 0 Å². The number of anilines is 3. The molecule has 0 spiro atoms. The number of nitrogens with one attached hydrogen (secondary N) is 1. The highest BCUT2D eigenvalue weighted by Gasteiger charge is 2.25. The molecule has 1 aromatic rings. The number of quaternary nitrogens is 1. The Balaban J connectivity index is 1.59. The number of aromatic nitrogens is 1. The van der Waals surface area contributed by atoms with E-state index in [1.165, 1.54) is 25.9 Å². The molecule has 6 nitrogen and oxygen atoms in total. The molecule has 1 saturated heterocycles. The summed E-state index contributed by atoms with van der Waals surface area (Å²) in [6, 6.07) is 1.70. The third-order valence-electron chi connectivity index (χ3n) is 3.90. The molecule has 1 aliphatic heterocycles. The Morgan fingerprint density at radius 3 is 2.75 bits per heavy atom. The predicted octanol–water partition coefficient (Wildman–Crippen LogP) is 0.915. The van der Waals surface area contributed by atoms with Crippen LogP contribution in [0.4, 0.5) is 17.2 Å². The molecule has 2 rings (SSSR count). The molecule has 0 bridgehead atoms. The first-order chi connectivity index (χ1) is 9.59. The van der Waals surface area contributed by atoms with E-state index in [4.69, 9.17) is 16.2 Å². The second kappa shape index (κ2) is 6.76. The molecule has 0 aromatic carbocycles. The molecule has 1 aromatic heterocycles. The van der Waals surface area contributed by atoms with Crippen LogP contribution in [0.15, 0.2) is 12.3 Å². The Labute approximate surface area is 120 Å². The lowest BCUT2D eigenvalue weighted by Crippen LogP contribution is -2.43. The first-order valence-electron chi connectivity index (χ1n) is 7.25. The van der Waals surface area contributed by atoms with Gasteiger partial charge in [-0.25, -0.2) is 4.98 Å². The number of hydrogen-bond donors (Lipinski definition) is 3. The van der Waals surface area contributed by atoms with Gasteiger partial charge in [0.05, 0.1) is 50.9 Å². The summed E-state index contributed by atoms with van der Waals surface area (Å²) in [5.41, 5.74) is 12.6. The SMILES string of the molecule is C[N+]1(CCOCCNc2ncc(N)cc2N)CCCC1. The van der Waals surface area contributed by atoms with E-state index in [0.29, 0.717) is 30.3 Å². The summed E-state index contributed by atoms with van der Waals surface area (Å²) < 4.78 is 6.83. The summed E-state index contributed by atoms with van der Waals surface area (Å²) >= 11 is 0. The average Bonchev–Trinajstić information content (AvgIpc) is 2.83. The van der Waals surface area contributed by atoms with Crippen molar-refractivity contribution in [2.24, 2.45) is 0 Å². The Morgan fingerprint density at radius 1 is 1.30 bits per heavy atom. The third kappa shape index (κ3) is 4.25. The Hall–Kier alpha value is -1.53. The Kier molecular flexibility index (Phi) is 5.03. The molecule has 112 valence electrons. The molecule has 0 radical (unpaired) electrons. The molecule has 6 heteroatoms. The third-order valence-corrected chi connectivity index (χ3v) is 3.90. The fourth-order valence-corrected chi connectivity index (χ4v) is 2.60. The van der Waals surface area contributed by atoms with Crippen molar-refractivity contribution in [3.8, 4) is 0 Å². The minimum atomic E-state index is 0.570. The van der Waals surface area contributed by atoms with Gasteiger partial charge in [0.1, 0.15) is 12.4 Å². The maximum Gasteiger partial charge on any atom is 0.149 e. The lowest BCUT2D eigenvalue weighted by Gasteiger charge is -2.28. The maximum absolute atomic E-state index is 5.81. The summed E-state index contributed by atoms with van der Waals surface area (Å²) in [5, 5.41) is 3.16. The zero-order valence-electron chi connectivity index (χ0n) is 12.3. The molecule has 2 heterocycles. The standard InChI is InChI=1S/C14H26N5O/c1-19(5-2-3-6-19)7-9-20-8-4-17-14-13(16)10-12(15)11-18-14/h10-11H,2-9,15-16H2,1H3,(H,17,18)/q+1. The number of nitrogens with zero attached hydrogens (tertiary/aromatic N) is 2. The van der Waals surface area contributed by atoms with Crippen LogP contribution in [0.25, 0.3) is 0 Å². The van der Waals surface area contributed by atoms with Crippen molar-refractivity contribution in [3.63, 3.8) is 0 Å². The normalized spacial score (nSPS) is 17.2. The summed E-state index contributed by atoms with van der Waals surface area (Å²) in [4.78, 5) is 4.15. The zero-order chi connectivity index (χ0) is 14.4. The fraction of sp³-hybridized carbons (Fsp3) is 0.643. The van der Waals surface area contributed by atoms with E-state index in [1.807, 2.05) is 0 Å². The maximum atomic E-state index is 5.81. The van der Waals surface area contributed by atoms with Gasteiger partial charge in [-0.05, 0) is 6.07 Å². The van der Waals surface area contributed by atoms with Crippen LogP contribution in [0.5, 0.6) is 0 Å². The van der Waals surface area contributed by atoms with Gasteiger partial charge >= 0.3 is 0 Å². The monoisotopic (exact) mass is 280 g/mol. The number of nitrogen functional groups attached to an aromatic ring is 2. The molecule has 0 amide bonds. The van der Waals surface area contributed by atoms with Gasteiger partial charge in [0.15, 0.2) is 0 Å². The van der Waals surface area contributed by atoms with Gasteiger partial charge in [-0.1, -0.05) is 0 Å². The van der Waals surface area contributed by atoms with Crippen LogP contribution >= 0.6 is 0 Å². The average molecular weight is 280 g/mol. The second-order valence-corrected chi connectivity index (χ2v) is 5.74. The minimum absolute atomic E-state index is 0.570. The van der Waals surface area contributed by atoms with Crippen LogP contribution in [0.2, 0.25) is 0 Å². The summed E-state index contributed by atoms with van der Waals surface area (Å²) in [5.74, 6) is 0.668. The van der Waals surface area contributed by atoms with E-state index in [1.54, 1.807) is 12.3 Å². The Morgan fingerprint density at radius 2 is 2.05 bits per heavy atom. The lowest BCUT2D eigenvalue weighted by atomic mass is 10.3. The first kappa shape index (κ1) is 14.9. The topological polar surface area (TPSA) is 86.2 Å². The number of ether oxygens (including phenoxy) is 1. The van der Waals surface area contributed by atoms with Gasteiger partial charge in [0.2, 0.25) is 0 Å². The molecular formula is C14H26N5O+. The summed E-state index contributed by atoms with van der Waals surface area (Å²) in [7, 11) is 2.31. The molecular weight excluding hydrogens is 254 g/mol. The van der Waals surface area contributed by atoms with Gasteiger partial charge in [0.25, 0.3) is 0 Å². The fourth-order valence-electron chi connectivity index (χ4n) is 2.60. The van der Waals surface area contributed by atoms with Crippen molar-refractivity contribution in [3.05, 3.63) is 12.3 Å². The molecule has 0 saturated carbocycles. The van der Waals surface area contributed by atoms with Crippen molar-refractivity contribution < 1.29 is 9.22 Å². The molecule has 5 N–H and O–H groups in total. The van der Waals surface area contributed by atoms with Gasteiger partial charge in [-0.2, -0.15) is 0 Å². The number of nitrogens with two attached hydrogens (primary N) is 2. The largest absolute Gasteiger partial charge is 0.397 e. The van der Waals surface area contributed by atoms with Gasteiger partial charge in [-0.3, -0.25) is 0 Å². The van der Waals surface area contributed by atoms with Crippen molar-refractivity contribution in [2.75, 3.05) is 63.2 Å². The lowest BCUT2D eigenvalue weighted by molar-refractivity contribution is -0.898. The van der Waals surface area contributed by atoms with Gasteiger partial charge < -0.3 is 26.0 Å². The highest BCUT2D eigenvalue weighted by molar-refractivity contribution is 5.65. The van der Waals surface area contributed by atoms with E-state index in [9.17, 15) is 0 Å². The van der Waals surface area contributed by atoms with Crippen LogP contribution in [-0.2, 0) is 4.74 Å². The molecule has 20 heavy (non-hydrogen) atoms. The quantitative estimate of drug-likeness (QED) is 0.510. The van der Waals surface area contributed by atoms with Crippen molar-refractivity contribution >= 4 is 17.2 Å². The van der Waals surface area contributed by atoms with E-state index in [0.717, 1.165) is 17.6 Å². The van der Waals surface area contributed by atoms with Crippen LogP contribution in [0.1, 0.15) is 12.8 Å². The molecule has 0 atom stereocenters. The van der Waals surface area contributed by atoms with E-state index >= 15 is 0 Å².